The lowest BCUT2D eigenvalue weighted by Crippen LogP contribution is -2.56. The maximum Gasteiger partial charge on any atom is 0.254 e. The van der Waals surface area contributed by atoms with Gasteiger partial charge in [-0.05, 0) is 89.5 Å². The minimum absolute atomic E-state index is 0.0000681. The van der Waals surface area contributed by atoms with E-state index < -0.39 is 53.7 Å². The Bertz CT molecular complexity index is 2410. The molecule has 65 heavy (non-hydrogen) atoms. The third-order valence-corrected chi connectivity index (χ3v) is 11.0. The lowest BCUT2D eigenvalue weighted by atomic mass is 9.86. The van der Waals surface area contributed by atoms with Gasteiger partial charge in [0.1, 0.15) is 55.4 Å². The highest BCUT2D eigenvalue weighted by Crippen LogP contribution is 2.40. The average Bonchev–Trinajstić information content (AvgIpc) is 3.28. The number of likely N-dealkylation sites (N-methyl/N-ethyl adjacent to an activating group) is 1. The highest BCUT2D eigenvalue weighted by atomic mass is 16.5. The van der Waals surface area contributed by atoms with E-state index in [2.05, 4.69) is 54.2 Å². The minimum Gasteiger partial charge on any atom is -0.492 e. The number of anilines is 1. The molecular formula is C48H60N10O7. The Labute approximate surface area is 379 Å². The first-order chi connectivity index (χ1) is 31.0. The molecule has 1 aliphatic rings. The Balaban J connectivity index is 1.55. The van der Waals surface area contributed by atoms with Crippen LogP contribution in [0.3, 0.4) is 0 Å². The van der Waals surface area contributed by atoms with Gasteiger partial charge in [-0.2, -0.15) is 5.26 Å². The first-order valence-electron chi connectivity index (χ1n) is 21.5. The highest BCUT2D eigenvalue weighted by molar-refractivity contribution is 6.03. The van der Waals surface area contributed by atoms with Gasteiger partial charge in [-0.3, -0.25) is 24.0 Å². The quantitative estimate of drug-likeness (QED) is 0.0631. The van der Waals surface area contributed by atoms with Gasteiger partial charge in [-0.15, -0.1) is 0 Å². The van der Waals surface area contributed by atoms with Gasteiger partial charge in [-0.1, -0.05) is 63.2 Å². The molecule has 4 aromatic carbocycles. The van der Waals surface area contributed by atoms with Crippen molar-refractivity contribution >= 4 is 35.2 Å². The van der Waals surface area contributed by atoms with Crippen LogP contribution >= 0.6 is 0 Å². The van der Waals surface area contributed by atoms with Gasteiger partial charge in [-0.25, -0.2) is 0 Å². The number of nitrogens with zero attached hydrogens (tertiary/aromatic N) is 2. The second kappa shape index (κ2) is 22.1. The summed E-state index contributed by atoms with van der Waals surface area (Å²) in [6.45, 7) is 8.21. The minimum atomic E-state index is -1.40. The molecule has 0 spiro atoms. The fraction of sp³-hybridized carbons (Fsp3) is 0.375. The van der Waals surface area contributed by atoms with Gasteiger partial charge in [0.05, 0.1) is 11.6 Å². The molecule has 4 aromatic rings. The van der Waals surface area contributed by atoms with Crippen molar-refractivity contribution in [2.75, 3.05) is 52.2 Å². The summed E-state index contributed by atoms with van der Waals surface area (Å²) in [7, 11) is 1.41. The van der Waals surface area contributed by atoms with Crippen LogP contribution in [0.5, 0.6) is 11.5 Å². The number of carbonyl (C=O) groups excluding carboxylic acids is 5. The second-order valence-electron chi connectivity index (χ2n) is 16.8. The standard InChI is InChI=1S/C48H60N10O7/c1-28-43(59)57-39(45(61)54-21-18-50)25-29-6-14-40(64-22-19-51)35(24-29)36-26-32(10-15-41(36)65-23-20-52)42(46(62)55-28)58(5)47(63)38(16-17-49)56-44(60)34-13-9-31(27-37(34)53)30-7-11-33(12-8-30)48(2,3)4/h6-15,24,26-28,38-39,42H,16-17,19-23,25,49,51-53H2,1-5H3,(H,54,61)(H,55,62)(H,56,60)(H,57,59)/t28-,38-,39-,42-/m0/s1. The summed E-state index contributed by atoms with van der Waals surface area (Å²) in [5.41, 5.74) is 29.2. The number of hydrogen-bond acceptors (Lipinski definition) is 12. The van der Waals surface area contributed by atoms with Crippen LogP contribution in [0.25, 0.3) is 22.3 Å². The Morgan fingerprint density at radius 3 is 2.08 bits per heavy atom. The monoisotopic (exact) mass is 888 g/mol. The van der Waals surface area contributed by atoms with Crippen molar-refractivity contribution in [3.05, 3.63) is 101 Å². The summed E-state index contributed by atoms with van der Waals surface area (Å²) >= 11 is 0. The Morgan fingerprint density at radius 1 is 0.846 bits per heavy atom. The maximum atomic E-state index is 14.6. The molecule has 0 aliphatic carbocycles. The molecule has 17 nitrogen and oxygen atoms in total. The smallest absolute Gasteiger partial charge is 0.254 e. The highest BCUT2D eigenvalue weighted by Gasteiger charge is 2.36. The van der Waals surface area contributed by atoms with Crippen molar-refractivity contribution in [1.82, 2.24) is 26.2 Å². The van der Waals surface area contributed by atoms with Gasteiger partial charge < -0.3 is 58.6 Å². The predicted molar refractivity (Wildman–Crippen MR) is 248 cm³/mol. The van der Waals surface area contributed by atoms with E-state index in [0.717, 1.165) is 11.1 Å². The molecule has 0 unspecified atom stereocenters. The zero-order chi connectivity index (χ0) is 47.4. The predicted octanol–water partition coefficient (Wildman–Crippen LogP) is 2.41. The zero-order valence-corrected chi connectivity index (χ0v) is 37.5. The molecule has 1 heterocycles. The number of hydrogen-bond donors (Lipinski definition) is 8. The van der Waals surface area contributed by atoms with Crippen molar-refractivity contribution in [1.29, 1.82) is 5.26 Å². The molecule has 0 radical (unpaired) electrons. The lowest BCUT2D eigenvalue weighted by Gasteiger charge is -2.32. The van der Waals surface area contributed by atoms with E-state index in [1.165, 1.54) is 24.4 Å². The van der Waals surface area contributed by atoms with Crippen LogP contribution in [0.4, 0.5) is 5.69 Å². The molecule has 4 bridgehead atoms. The fourth-order valence-corrected chi connectivity index (χ4v) is 7.48. The van der Waals surface area contributed by atoms with Crippen LogP contribution in [0.2, 0.25) is 0 Å². The van der Waals surface area contributed by atoms with Gasteiger partial charge in [0.25, 0.3) is 5.91 Å². The van der Waals surface area contributed by atoms with Gasteiger partial charge in [0.15, 0.2) is 0 Å². The van der Waals surface area contributed by atoms with Crippen LogP contribution in [0, 0.1) is 11.3 Å². The molecule has 1 aliphatic heterocycles. The molecule has 0 fully saturated rings. The number of ether oxygens (including phenoxy) is 2. The Kier molecular flexibility index (Phi) is 16.6. The number of fused-ring (bicyclic) bond motifs is 5. The summed E-state index contributed by atoms with van der Waals surface area (Å²) in [5.74, 6) is -2.60. The largest absolute Gasteiger partial charge is 0.492 e. The van der Waals surface area contributed by atoms with E-state index in [9.17, 15) is 24.0 Å². The van der Waals surface area contributed by atoms with Crippen molar-refractivity contribution < 1.29 is 33.4 Å². The fourth-order valence-electron chi connectivity index (χ4n) is 7.48. The van der Waals surface area contributed by atoms with Crippen molar-refractivity contribution in [3.63, 3.8) is 0 Å². The normalized spacial score (nSPS) is 16.7. The summed E-state index contributed by atoms with van der Waals surface area (Å²) < 4.78 is 12.2. The zero-order valence-electron chi connectivity index (χ0n) is 37.5. The Hall–Kier alpha value is -7.00. The van der Waals surface area contributed by atoms with E-state index in [1.54, 1.807) is 54.6 Å². The van der Waals surface area contributed by atoms with E-state index in [0.29, 0.717) is 33.8 Å². The molecular weight excluding hydrogens is 829 g/mol. The topological polar surface area (TPSA) is 283 Å². The van der Waals surface area contributed by atoms with Gasteiger partial charge >= 0.3 is 0 Å². The number of nitriles is 1. The molecule has 0 saturated heterocycles. The van der Waals surface area contributed by atoms with E-state index in [4.69, 9.17) is 37.7 Å². The molecule has 17 heteroatoms. The third-order valence-electron chi connectivity index (χ3n) is 11.0. The maximum absolute atomic E-state index is 14.6. The van der Waals surface area contributed by atoms with Crippen LogP contribution in [0.15, 0.2) is 78.9 Å². The molecule has 0 aromatic heterocycles. The number of amides is 5. The van der Waals surface area contributed by atoms with Crippen LogP contribution in [-0.4, -0.2) is 99.0 Å². The van der Waals surface area contributed by atoms with Crippen LogP contribution < -0.4 is 53.7 Å². The summed E-state index contributed by atoms with van der Waals surface area (Å²) in [5, 5.41) is 19.9. The molecule has 5 amide bonds. The number of nitrogens with one attached hydrogen (secondary N) is 4. The van der Waals surface area contributed by atoms with Gasteiger partial charge in [0.2, 0.25) is 23.6 Å². The van der Waals surface area contributed by atoms with Crippen LogP contribution in [-0.2, 0) is 31.0 Å². The molecule has 5 rings (SSSR count). The third kappa shape index (κ3) is 12.2. The van der Waals surface area contributed by atoms with E-state index >= 15 is 0 Å². The number of benzene rings is 4. The number of nitrogens with two attached hydrogens (primary N) is 4. The van der Waals surface area contributed by atoms with Gasteiger partial charge in [0, 0.05) is 43.4 Å². The first-order valence-corrected chi connectivity index (χ1v) is 21.5. The second-order valence-corrected chi connectivity index (χ2v) is 16.8. The SMILES string of the molecule is C[C@@H]1NC(=O)[C@@H](N(C)C(=O)[C@H](CCN)NC(=O)c2ccc(-c3ccc(C(C)(C)C)cc3)cc2N)c2ccc(OCCN)c(c2)-c2cc(ccc2OCCN)C[C@@H](C(=O)NCC#N)NC1=O. The number of rotatable bonds is 15. The van der Waals surface area contributed by atoms with Crippen molar-refractivity contribution in [3.8, 4) is 39.8 Å². The summed E-state index contributed by atoms with van der Waals surface area (Å²) in [6, 6.07) is 20.2. The first kappa shape index (κ1) is 49.0. The summed E-state index contributed by atoms with van der Waals surface area (Å²) in [4.78, 5) is 71.3. The van der Waals surface area contributed by atoms with E-state index in [1.807, 2.05) is 18.2 Å². The average molecular weight is 889 g/mol. The molecule has 344 valence electrons. The lowest BCUT2D eigenvalue weighted by molar-refractivity contribution is -0.141. The van der Waals surface area contributed by atoms with Crippen molar-refractivity contribution in [2.24, 2.45) is 17.2 Å². The van der Waals surface area contributed by atoms with Crippen LogP contribution in [0.1, 0.15) is 67.2 Å². The Morgan fingerprint density at radius 2 is 1.48 bits per heavy atom. The number of nitrogen functional groups attached to an aromatic ring is 1. The summed E-state index contributed by atoms with van der Waals surface area (Å²) in [6.07, 6.45) is 0.00303. The number of carbonyl (C=O) groups is 5. The van der Waals surface area contributed by atoms with E-state index in [-0.39, 0.29) is 68.9 Å². The van der Waals surface area contributed by atoms with Crippen molar-refractivity contribution in [2.45, 2.75) is 70.1 Å². The molecule has 0 saturated carbocycles. The molecule has 4 atom stereocenters. The molecule has 12 N–H and O–H groups in total.